The second-order valence-corrected chi connectivity index (χ2v) is 19.5. The van der Waals surface area contributed by atoms with Crippen molar-refractivity contribution in [2.24, 2.45) is 7.05 Å². The summed E-state index contributed by atoms with van der Waals surface area (Å²) in [7, 11) is -0.943. The Labute approximate surface area is 334 Å². The minimum Gasteiger partial charge on any atom is -0.327 e. The van der Waals surface area contributed by atoms with Gasteiger partial charge in [0.05, 0.1) is 16.7 Å². The van der Waals surface area contributed by atoms with Crippen molar-refractivity contribution < 1.29 is 4.39 Å². The molecule has 0 saturated carbocycles. The van der Waals surface area contributed by atoms with Crippen LogP contribution in [0.2, 0.25) is 0 Å². The van der Waals surface area contributed by atoms with Crippen molar-refractivity contribution in [2.45, 2.75) is 6.17 Å². The summed E-state index contributed by atoms with van der Waals surface area (Å²) in [5.74, 6) is 1.69. The van der Waals surface area contributed by atoms with E-state index in [9.17, 15) is 0 Å². The monoisotopic (exact) mass is 770 g/mol. The van der Waals surface area contributed by atoms with Gasteiger partial charge in [-0.1, -0.05) is 133 Å². The van der Waals surface area contributed by atoms with E-state index in [0.717, 1.165) is 39.6 Å². The largest absolute Gasteiger partial charge is 0.327 e. The molecule has 7 aromatic carbocycles. The van der Waals surface area contributed by atoms with E-state index >= 15 is 4.39 Å². The lowest BCUT2D eigenvalue weighted by atomic mass is 9.99. The van der Waals surface area contributed by atoms with Crippen molar-refractivity contribution in [3.63, 3.8) is 0 Å². The van der Waals surface area contributed by atoms with E-state index in [4.69, 9.17) is 9.97 Å². The van der Waals surface area contributed by atoms with E-state index in [-0.39, 0.29) is 0 Å². The SMILES string of the molecule is Cn1c(-c2cccc(C(F)c3cccc(N4c5ncccc5[Si](c5ccccc5)(c5ccccc5)c5ccc6sc7ccccc7c6c54)c3)c2)nc2ccccc21. The van der Waals surface area contributed by atoms with E-state index < -0.39 is 14.2 Å². The molecule has 1 atom stereocenters. The number of alkyl halides is 1. The van der Waals surface area contributed by atoms with E-state index in [0.29, 0.717) is 11.1 Å². The summed E-state index contributed by atoms with van der Waals surface area (Å²) in [4.78, 5) is 12.5. The molecule has 4 nitrogen and oxygen atoms in total. The normalized spacial score (nSPS) is 13.8. The second kappa shape index (κ2) is 13.2. The molecule has 1 aliphatic heterocycles. The predicted molar refractivity (Wildman–Crippen MR) is 238 cm³/mol. The van der Waals surface area contributed by atoms with Crippen LogP contribution < -0.4 is 25.6 Å². The molecule has 7 heteroatoms. The van der Waals surface area contributed by atoms with Crippen LogP contribution in [0.3, 0.4) is 0 Å². The highest BCUT2D eigenvalue weighted by Gasteiger charge is 2.50. The highest BCUT2D eigenvalue weighted by molar-refractivity contribution is 7.26. The molecule has 10 aromatic rings. The molecule has 1 unspecified atom stereocenters. The molecular formula is C50H35FN4SSi. The van der Waals surface area contributed by atoms with Crippen LogP contribution in [0.15, 0.2) is 188 Å². The molecule has 0 fully saturated rings. The molecular weight excluding hydrogens is 736 g/mol. The number of aryl methyl sites for hydroxylation is 1. The number of nitrogens with zero attached hydrogens (tertiary/aromatic N) is 4. The lowest BCUT2D eigenvalue weighted by Crippen LogP contribution is -2.77. The molecule has 4 heterocycles. The first kappa shape index (κ1) is 33.6. The molecule has 0 N–H and O–H groups in total. The van der Waals surface area contributed by atoms with Crippen molar-refractivity contribution in [2.75, 3.05) is 4.90 Å². The molecule has 0 spiro atoms. The average molecular weight is 771 g/mol. The van der Waals surface area contributed by atoms with Gasteiger partial charge in [0.2, 0.25) is 0 Å². The van der Waals surface area contributed by atoms with Crippen LogP contribution in [-0.2, 0) is 7.05 Å². The minimum atomic E-state index is -2.95. The van der Waals surface area contributed by atoms with Crippen molar-refractivity contribution >= 4 is 88.6 Å². The summed E-state index contributed by atoms with van der Waals surface area (Å²) >= 11 is 1.81. The Morgan fingerprint density at radius 3 is 2.11 bits per heavy atom. The third kappa shape index (κ3) is 5.09. The number of thiophene rings is 1. The molecule has 57 heavy (non-hydrogen) atoms. The van der Waals surface area contributed by atoms with Crippen LogP contribution in [-0.4, -0.2) is 22.6 Å². The van der Waals surface area contributed by atoms with Gasteiger partial charge in [-0.05, 0) is 80.4 Å². The van der Waals surface area contributed by atoms with Crippen molar-refractivity contribution in [3.05, 3.63) is 199 Å². The van der Waals surface area contributed by atoms with Gasteiger partial charge in [-0.3, -0.25) is 4.90 Å². The highest BCUT2D eigenvalue weighted by atomic mass is 32.1. The summed E-state index contributed by atoms with van der Waals surface area (Å²) in [6.07, 6.45) is 0.526. The molecule has 11 rings (SSSR count). The third-order valence-corrected chi connectivity index (χ3v) is 17.5. The first-order chi connectivity index (χ1) is 28.1. The summed E-state index contributed by atoms with van der Waals surface area (Å²) in [6.45, 7) is 0. The van der Waals surface area contributed by atoms with Crippen LogP contribution in [0.1, 0.15) is 17.3 Å². The molecule has 3 aromatic heterocycles. The zero-order chi connectivity index (χ0) is 38.1. The zero-order valence-corrected chi connectivity index (χ0v) is 32.9. The fourth-order valence-electron chi connectivity index (χ4n) is 9.12. The van der Waals surface area contributed by atoms with E-state index in [1.807, 2.05) is 85.2 Å². The minimum absolute atomic E-state index is 0.580. The number of imidazole rings is 1. The van der Waals surface area contributed by atoms with E-state index in [1.165, 1.54) is 40.9 Å². The van der Waals surface area contributed by atoms with Crippen LogP contribution in [0, 0.1) is 0 Å². The second-order valence-electron chi connectivity index (χ2n) is 14.7. The van der Waals surface area contributed by atoms with Gasteiger partial charge < -0.3 is 4.57 Å². The summed E-state index contributed by atoms with van der Waals surface area (Å²) in [5, 5.41) is 7.48. The van der Waals surface area contributed by atoms with E-state index in [2.05, 4.69) is 131 Å². The van der Waals surface area contributed by atoms with Gasteiger partial charge in [-0.15, -0.1) is 11.3 Å². The summed E-state index contributed by atoms with van der Waals surface area (Å²) < 4.78 is 21.6. The molecule has 1 aliphatic rings. The molecule has 0 bridgehead atoms. The number of pyridine rings is 1. The smallest absolute Gasteiger partial charge is 0.186 e. The number of fused-ring (bicyclic) bond motifs is 7. The number of aromatic nitrogens is 3. The number of para-hydroxylation sites is 2. The standard InChI is InChI=1S/C50H35FN4SSi/c1-54-41-25-10-9-24-40(41)53-49(54)35-17-12-15-33(31-35)47(51)34-16-13-18-36(32-34)55-48-44(29-28-43-46(48)39-23-8-11-26-42(39)56-43)57(37-19-4-2-5-20-37,38-21-6-3-7-22-38)45-27-14-30-52-50(45)55/h2-32,47H,1H3. The lowest BCUT2D eigenvalue weighted by molar-refractivity contribution is 0.402. The Balaban J connectivity index is 1.14. The van der Waals surface area contributed by atoms with Crippen molar-refractivity contribution in [1.29, 1.82) is 0 Å². The number of halogens is 1. The van der Waals surface area contributed by atoms with Crippen molar-refractivity contribution in [3.8, 4) is 11.4 Å². The maximum atomic E-state index is 17.1. The molecule has 0 saturated heterocycles. The van der Waals surface area contributed by atoms with Crippen LogP contribution in [0.5, 0.6) is 0 Å². The topological polar surface area (TPSA) is 34.0 Å². The number of rotatable bonds is 6. The fraction of sp³-hybridized carbons (Fsp3) is 0.0400. The van der Waals surface area contributed by atoms with Gasteiger partial charge >= 0.3 is 0 Å². The van der Waals surface area contributed by atoms with Gasteiger partial charge in [0, 0.05) is 44.7 Å². The Hall–Kier alpha value is -6.67. The van der Waals surface area contributed by atoms with Gasteiger partial charge in [0.25, 0.3) is 0 Å². The van der Waals surface area contributed by atoms with E-state index in [1.54, 1.807) is 0 Å². The first-order valence-electron chi connectivity index (χ1n) is 19.2. The Bertz CT molecular complexity index is 3100. The third-order valence-electron chi connectivity index (χ3n) is 11.6. The Kier molecular flexibility index (Phi) is 7.81. The van der Waals surface area contributed by atoms with Gasteiger partial charge in [0.1, 0.15) is 11.6 Å². The number of benzene rings is 7. The summed E-state index contributed by atoms with van der Waals surface area (Å²) in [5.41, 5.74) is 5.98. The predicted octanol–water partition coefficient (Wildman–Crippen LogP) is 10.2. The highest BCUT2D eigenvalue weighted by Crippen LogP contribution is 2.46. The lowest BCUT2D eigenvalue weighted by Gasteiger charge is -2.44. The summed E-state index contributed by atoms with van der Waals surface area (Å²) in [6, 6.07) is 63.5. The van der Waals surface area contributed by atoms with Crippen LogP contribution >= 0.6 is 11.3 Å². The molecule has 0 amide bonds. The first-order valence-corrected chi connectivity index (χ1v) is 22.0. The fourth-order valence-corrected chi connectivity index (χ4v) is 15.3. The number of hydrogen-bond donors (Lipinski definition) is 0. The number of hydrogen-bond acceptors (Lipinski definition) is 4. The maximum Gasteiger partial charge on any atom is 0.186 e. The molecule has 0 aliphatic carbocycles. The Morgan fingerprint density at radius 2 is 1.32 bits per heavy atom. The van der Waals surface area contributed by atoms with Crippen LogP contribution in [0.4, 0.5) is 21.6 Å². The van der Waals surface area contributed by atoms with Crippen LogP contribution in [0.25, 0.3) is 42.6 Å². The quantitative estimate of drug-likeness (QED) is 0.158. The van der Waals surface area contributed by atoms with Gasteiger partial charge in [0.15, 0.2) is 14.2 Å². The van der Waals surface area contributed by atoms with Crippen molar-refractivity contribution in [1.82, 2.24) is 14.5 Å². The average Bonchev–Trinajstić information content (AvgIpc) is 3.83. The molecule has 272 valence electrons. The molecule has 0 radical (unpaired) electrons. The zero-order valence-electron chi connectivity index (χ0n) is 31.1. The maximum absolute atomic E-state index is 17.1. The van der Waals surface area contributed by atoms with Gasteiger partial charge in [-0.25, -0.2) is 14.4 Å². The Morgan fingerprint density at radius 1 is 0.614 bits per heavy atom. The van der Waals surface area contributed by atoms with Gasteiger partial charge in [-0.2, -0.15) is 0 Å². The number of anilines is 3.